The first-order valence-electron chi connectivity index (χ1n) is 9.88. The molecule has 31 heavy (non-hydrogen) atoms. The summed E-state index contributed by atoms with van der Waals surface area (Å²) >= 11 is 1.51. The van der Waals surface area contributed by atoms with Gasteiger partial charge >= 0.3 is 0 Å². The van der Waals surface area contributed by atoms with Crippen molar-refractivity contribution in [3.8, 4) is 17.1 Å². The molecule has 0 aliphatic heterocycles. The zero-order valence-electron chi connectivity index (χ0n) is 16.8. The Bertz CT molecular complexity index is 1410. The lowest BCUT2D eigenvalue weighted by molar-refractivity contribution is 0.884. The molecule has 5 rings (SSSR count). The average Bonchev–Trinajstić information content (AvgIpc) is 3.24. The van der Waals surface area contributed by atoms with Gasteiger partial charge in [0.05, 0.1) is 5.69 Å². The third-order valence-corrected chi connectivity index (χ3v) is 5.93. The van der Waals surface area contributed by atoms with Gasteiger partial charge in [-0.25, -0.2) is 4.98 Å². The van der Waals surface area contributed by atoms with Gasteiger partial charge in [-0.05, 0) is 30.7 Å². The third kappa shape index (κ3) is 3.75. The Morgan fingerprint density at radius 2 is 1.65 bits per heavy atom. The van der Waals surface area contributed by atoms with Crippen molar-refractivity contribution in [1.82, 2.24) is 24.1 Å². The van der Waals surface area contributed by atoms with Crippen LogP contribution in [0, 0.1) is 6.92 Å². The summed E-state index contributed by atoms with van der Waals surface area (Å²) in [5, 5.41) is 9.66. The zero-order valence-corrected chi connectivity index (χ0v) is 17.7. The molecule has 0 atom stereocenters. The fraction of sp³-hybridized carbons (Fsp3) is 0.0833. The molecule has 5 aromatic rings. The van der Waals surface area contributed by atoms with Crippen molar-refractivity contribution in [2.45, 2.75) is 17.8 Å². The molecule has 6 nitrogen and oxygen atoms in total. The van der Waals surface area contributed by atoms with Gasteiger partial charge in [0.15, 0.2) is 11.0 Å². The van der Waals surface area contributed by atoms with E-state index in [1.807, 2.05) is 84.3 Å². The van der Waals surface area contributed by atoms with Gasteiger partial charge in [0.25, 0.3) is 5.56 Å². The summed E-state index contributed by atoms with van der Waals surface area (Å²) in [7, 11) is 0. The second-order valence-corrected chi connectivity index (χ2v) is 8.04. The van der Waals surface area contributed by atoms with E-state index < -0.39 is 0 Å². The predicted molar refractivity (Wildman–Crippen MR) is 123 cm³/mol. The maximum absolute atomic E-state index is 12.5. The molecule has 0 bridgehead atoms. The van der Waals surface area contributed by atoms with Crippen LogP contribution in [0.1, 0.15) is 11.3 Å². The van der Waals surface area contributed by atoms with Crippen LogP contribution in [-0.4, -0.2) is 24.1 Å². The van der Waals surface area contributed by atoms with Gasteiger partial charge in [0, 0.05) is 29.3 Å². The molecular formula is C24H19N5OS. The maximum atomic E-state index is 12.5. The molecule has 2 aromatic carbocycles. The number of para-hydroxylation sites is 1. The van der Waals surface area contributed by atoms with E-state index >= 15 is 0 Å². The number of fused-ring (bicyclic) bond motifs is 1. The lowest BCUT2D eigenvalue weighted by atomic mass is 10.2. The lowest BCUT2D eigenvalue weighted by Crippen LogP contribution is -2.15. The summed E-state index contributed by atoms with van der Waals surface area (Å²) < 4.78 is 3.61. The molecule has 7 heteroatoms. The highest BCUT2D eigenvalue weighted by Crippen LogP contribution is 2.29. The number of aryl methyl sites for hydroxylation is 1. The Balaban J connectivity index is 1.53. The molecule has 0 saturated carbocycles. The summed E-state index contributed by atoms with van der Waals surface area (Å²) in [5.74, 6) is 1.29. The van der Waals surface area contributed by atoms with Crippen LogP contribution in [0.4, 0.5) is 0 Å². The van der Waals surface area contributed by atoms with Gasteiger partial charge in [0.1, 0.15) is 5.65 Å². The fourth-order valence-corrected chi connectivity index (χ4v) is 4.31. The van der Waals surface area contributed by atoms with Crippen molar-refractivity contribution in [3.05, 3.63) is 107 Å². The van der Waals surface area contributed by atoms with E-state index in [4.69, 9.17) is 4.98 Å². The summed E-state index contributed by atoms with van der Waals surface area (Å²) in [4.78, 5) is 17.2. The molecule has 0 amide bonds. The molecule has 3 heterocycles. The van der Waals surface area contributed by atoms with Gasteiger partial charge in [-0.1, -0.05) is 66.4 Å². The first kappa shape index (κ1) is 19.3. The molecule has 3 aromatic heterocycles. The highest BCUT2D eigenvalue weighted by molar-refractivity contribution is 7.98. The van der Waals surface area contributed by atoms with Crippen molar-refractivity contribution in [1.29, 1.82) is 0 Å². The number of rotatable bonds is 5. The highest BCUT2D eigenvalue weighted by atomic mass is 32.2. The molecule has 0 spiro atoms. The molecule has 0 aliphatic rings. The van der Waals surface area contributed by atoms with E-state index in [1.165, 1.54) is 11.8 Å². The van der Waals surface area contributed by atoms with E-state index in [-0.39, 0.29) is 5.56 Å². The Labute approximate surface area is 183 Å². The molecular weight excluding hydrogens is 406 g/mol. The Kier molecular flexibility index (Phi) is 5.09. The second kappa shape index (κ2) is 8.20. The van der Waals surface area contributed by atoms with Gasteiger partial charge in [-0.15, -0.1) is 10.2 Å². The van der Waals surface area contributed by atoms with Crippen LogP contribution in [0.25, 0.3) is 22.7 Å². The summed E-state index contributed by atoms with van der Waals surface area (Å²) in [6, 6.07) is 25.4. The van der Waals surface area contributed by atoms with E-state index in [2.05, 4.69) is 10.2 Å². The van der Waals surface area contributed by atoms with Crippen molar-refractivity contribution in [2.75, 3.05) is 0 Å². The SMILES string of the molecule is Cc1cccn2c(=O)cc(CSc3nnc(-c4ccccc4)n3-c3ccccc3)nc12. The molecule has 0 radical (unpaired) electrons. The summed E-state index contributed by atoms with van der Waals surface area (Å²) in [6.07, 6.45) is 1.74. The van der Waals surface area contributed by atoms with Crippen LogP contribution in [0.15, 0.2) is 95.0 Å². The average molecular weight is 426 g/mol. The van der Waals surface area contributed by atoms with Crippen molar-refractivity contribution < 1.29 is 0 Å². The molecule has 0 saturated heterocycles. The van der Waals surface area contributed by atoms with Crippen molar-refractivity contribution in [2.24, 2.45) is 0 Å². The lowest BCUT2D eigenvalue weighted by Gasteiger charge is -2.10. The quantitative estimate of drug-likeness (QED) is 0.387. The number of hydrogen-bond donors (Lipinski definition) is 0. The van der Waals surface area contributed by atoms with Crippen LogP contribution in [0.2, 0.25) is 0 Å². The molecule has 0 unspecified atom stereocenters. The van der Waals surface area contributed by atoms with Crippen LogP contribution in [-0.2, 0) is 5.75 Å². The van der Waals surface area contributed by atoms with E-state index in [0.717, 1.165) is 27.8 Å². The Morgan fingerprint density at radius 3 is 2.42 bits per heavy atom. The largest absolute Gasteiger partial charge is 0.270 e. The van der Waals surface area contributed by atoms with Crippen LogP contribution >= 0.6 is 11.8 Å². The minimum absolute atomic E-state index is 0.0844. The van der Waals surface area contributed by atoms with Crippen LogP contribution < -0.4 is 5.56 Å². The number of nitrogens with zero attached hydrogens (tertiary/aromatic N) is 5. The predicted octanol–water partition coefficient (Wildman–Crippen LogP) is 4.54. The molecule has 152 valence electrons. The smallest absolute Gasteiger partial charge is 0.258 e. The number of aromatic nitrogens is 5. The third-order valence-electron chi connectivity index (χ3n) is 4.97. The molecule has 0 N–H and O–H groups in total. The number of thioether (sulfide) groups is 1. The van der Waals surface area contributed by atoms with Crippen LogP contribution in [0.5, 0.6) is 0 Å². The fourth-order valence-electron chi connectivity index (χ4n) is 3.47. The van der Waals surface area contributed by atoms with Gasteiger partial charge in [-0.3, -0.25) is 13.8 Å². The van der Waals surface area contributed by atoms with E-state index in [9.17, 15) is 4.79 Å². The van der Waals surface area contributed by atoms with Gasteiger partial charge in [0.2, 0.25) is 0 Å². The van der Waals surface area contributed by atoms with E-state index in [0.29, 0.717) is 17.1 Å². The number of benzene rings is 2. The second-order valence-electron chi connectivity index (χ2n) is 7.10. The van der Waals surface area contributed by atoms with Crippen molar-refractivity contribution >= 4 is 17.4 Å². The number of hydrogen-bond acceptors (Lipinski definition) is 5. The van der Waals surface area contributed by atoms with Crippen molar-refractivity contribution in [3.63, 3.8) is 0 Å². The zero-order chi connectivity index (χ0) is 21.2. The molecule has 0 fully saturated rings. The minimum atomic E-state index is -0.0844. The monoisotopic (exact) mass is 425 g/mol. The molecule has 0 aliphatic carbocycles. The first-order chi connectivity index (χ1) is 15.2. The Hall–Kier alpha value is -3.71. The Morgan fingerprint density at radius 1 is 0.903 bits per heavy atom. The first-order valence-corrected chi connectivity index (χ1v) is 10.9. The van der Waals surface area contributed by atoms with Crippen LogP contribution in [0.3, 0.4) is 0 Å². The highest BCUT2D eigenvalue weighted by Gasteiger charge is 2.16. The minimum Gasteiger partial charge on any atom is -0.270 e. The van der Waals surface area contributed by atoms with E-state index in [1.54, 1.807) is 16.7 Å². The maximum Gasteiger partial charge on any atom is 0.258 e. The van der Waals surface area contributed by atoms with Gasteiger partial charge < -0.3 is 0 Å². The summed E-state index contributed by atoms with van der Waals surface area (Å²) in [6.45, 7) is 1.96. The standard InChI is InChI=1S/C24H19N5OS/c1-17-9-8-14-28-21(30)15-19(25-22(17)28)16-31-24-27-26-23(18-10-4-2-5-11-18)29(24)20-12-6-3-7-13-20/h2-15H,16H2,1H3. The summed E-state index contributed by atoms with van der Waals surface area (Å²) in [5.41, 5.74) is 4.25. The normalized spacial score (nSPS) is 11.1. The topological polar surface area (TPSA) is 65.1 Å². The van der Waals surface area contributed by atoms with Gasteiger partial charge in [-0.2, -0.15) is 0 Å². The number of pyridine rings is 1.